The van der Waals surface area contributed by atoms with E-state index in [1.807, 2.05) is 11.6 Å². The molecule has 20 heavy (non-hydrogen) atoms. The van der Waals surface area contributed by atoms with E-state index in [-0.39, 0.29) is 17.8 Å². The first-order valence-corrected chi connectivity index (χ1v) is 7.53. The molecule has 0 amide bonds. The summed E-state index contributed by atoms with van der Waals surface area (Å²) in [5.74, 6) is 0.262. The van der Waals surface area contributed by atoms with Gasteiger partial charge in [-0.05, 0) is 29.2 Å². The van der Waals surface area contributed by atoms with Crippen molar-refractivity contribution < 1.29 is 9.90 Å². The fourth-order valence-electron chi connectivity index (χ4n) is 3.15. The normalized spacial score (nSPS) is 19.7. The van der Waals surface area contributed by atoms with Gasteiger partial charge in [-0.15, -0.1) is 5.10 Å². The lowest BCUT2D eigenvalue weighted by Crippen LogP contribution is -2.30. The van der Waals surface area contributed by atoms with E-state index in [0.717, 1.165) is 25.1 Å². The van der Waals surface area contributed by atoms with Gasteiger partial charge in [0, 0.05) is 18.4 Å². The minimum Gasteiger partial charge on any atom is -0.481 e. The van der Waals surface area contributed by atoms with Gasteiger partial charge < -0.3 is 5.11 Å². The van der Waals surface area contributed by atoms with E-state index in [2.05, 4.69) is 22.4 Å². The Bertz CT molecular complexity index is 452. The molecule has 0 aliphatic heterocycles. The second-order valence-electron chi connectivity index (χ2n) is 6.18. The van der Waals surface area contributed by atoms with E-state index in [1.54, 1.807) is 0 Å². The predicted molar refractivity (Wildman–Crippen MR) is 74.3 cm³/mol. The van der Waals surface area contributed by atoms with Gasteiger partial charge in [0.15, 0.2) is 5.82 Å². The summed E-state index contributed by atoms with van der Waals surface area (Å²) in [6.45, 7) is 4.84. The molecule has 1 aromatic rings. The molecular weight excluding hydrogens is 256 g/mol. The SMILES string of the molecule is CCC(CC(=O)O)Cn1nnnc1C1(C)CCCCC1. The molecule has 1 unspecified atom stereocenters. The van der Waals surface area contributed by atoms with E-state index in [0.29, 0.717) is 6.54 Å². The Balaban J connectivity index is 2.13. The third kappa shape index (κ3) is 3.35. The van der Waals surface area contributed by atoms with Crippen LogP contribution >= 0.6 is 0 Å². The maximum absolute atomic E-state index is 10.9. The number of aliphatic carboxylic acids is 1. The zero-order valence-corrected chi connectivity index (χ0v) is 12.4. The monoisotopic (exact) mass is 280 g/mol. The van der Waals surface area contributed by atoms with Crippen LogP contribution in [0.2, 0.25) is 0 Å². The highest BCUT2D eigenvalue weighted by atomic mass is 16.4. The summed E-state index contributed by atoms with van der Waals surface area (Å²) in [7, 11) is 0. The van der Waals surface area contributed by atoms with Crippen molar-refractivity contribution in [2.24, 2.45) is 5.92 Å². The molecule has 0 saturated heterocycles. The Morgan fingerprint density at radius 2 is 2.10 bits per heavy atom. The molecule has 1 aliphatic rings. The third-order valence-corrected chi connectivity index (χ3v) is 4.50. The van der Waals surface area contributed by atoms with Gasteiger partial charge in [-0.25, -0.2) is 4.68 Å². The highest BCUT2D eigenvalue weighted by Gasteiger charge is 2.34. The first-order valence-electron chi connectivity index (χ1n) is 7.53. The number of tetrazole rings is 1. The van der Waals surface area contributed by atoms with Crippen molar-refractivity contribution in [1.29, 1.82) is 0 Å². The highest BCUT2D eigenvalue weighted by molar-refractivity contribution is 5.66. The maximum atomic E-state index is 10.9. The van der Waals surface area contributed by atoms with Crippen molar-refractivity contribution in [2.45, 2.75) is 70.8 Å². The highest BCUT2D eigenvalue weighted by Crippen LogP contribution is 2.37. The fourth-order valence-corrected chi connectivity index (χ4v) is 3.15. The smallest absolute Gasteiger partial charge is 0.303 e. The molecule has 1 aromatic heterocycles. The molecular formula is C14H24N4O2. The van der Waals surface area contributed by atoms with Gasteiger partial charge in [-0.2, -0.15) is 0 Å². The number of carbonyl (C=O) groups is 1. The maximum Gasteiger partial charge on any atom is 0.303 e. The second-order valence-corrected chi connectivity index (χ2v) is 6.18. The summed E-state index contributed by atoms with van der Waals surface area (Å²) in [5.41, 5.74) is 0.0449. The van der Waals surface area contributed by atoms with Crippen LogP contribution in [-0.4, -0.2) is 31.3 Å². The van der Waals surface area contributed by atoms with E-state index in [1.165, 1.54) is 19.3 Å². The van der Waals surface area contributed by atoms with Gasteiger partial charge in [0.05, 0.1) is 0 Å². The lowest BCUT2D eigenvalue weighted by molar-refractivity contribution is -0.138. The number of nitrogens with zero attached hydrogens (tertiary/aromatic N) is 4. The van der Waals surface area contributed by atoms with Gasteiger partial charge >= 0.3 is 5.97 Å². The Kier molecular flexibility index (Phi) is 4.73. The van der Waals surface area contributed by atoms with Gasteiger partial charge in [0.25, 0.3) is 0 Å². The van der Waals surface area contributed by atoms with Crippen LogP contribution in [0.5, 0.6) is 0 Å². The average molecular weight is 280 g/mol. The number of aromatic nitrogens is 4. The van der Waals surface area contributed by atoms with E-state index in [9.17, 15) is 4.79 Å². The Labute approximate surface area is 119 Å². The molecule has 1 fully saturated rings. The quantitative estimate of drug-likeness (QED) is 0.865. The molecule has 112 valence electrons. The Hall–Kier alpha value is -1.46. The van der Waals surface area contributed by atoms with Gasteiger partial charge in [-0.3, -0.25) is 4.79 Å². The van der Waals surface area contributed by atoms with Gasteiger partial charge in [0.2, 0.25) is 0 Å². The average Bonchev–Trinajstić information content (AvgIpc) is 2.87. The summed E-state index contributed by atoms with van der Waals surface area (Å²) >= 11 is 0. The third-order valence-electron chi connectivity index (χ3n) is 4.50. The number of carboxylic acids is 1. The van der Waals surface area contributed by atoms with Crippen LogP contribution in [0, 0.1) is 5.92 Å². The van der Waals surface area contributed by atoms with Crippen LogP contribution in [0.25, 0.3) is 0 Å². The minimum atomic E-state index is -0.754. The molecule has 6 heteroatoms. The molecule has 0 spiro atoms. The zero-order valence-electron chi connectivity index (χ0n) is 12.4. The molecule has 1 atom stereocenters. The molecule has 0 aromatic carbocycles. The number of carboxylic acid groups (broad SMARTS) is 1. The summed E-state index contributed by atoms with van der Waals surface area (Å²) in [5, 5.41) is 21.1. The summed E-state index contributed by atoms with van der Waals surface area (Å²) in [6, 6.07) is 0. The lowest BCUT2D eigenvalue weighted by Gasteiger charge is -2.32. The summed E-state index contributed by atoms with van der Waals surface area (Å²) < 4.78 is 1.84. The van der Waals surface area contributed by atoms with E-state index in [4.69, 9.17) is 5.11 Å². The largest absolute Gasteiger partial charge is 0.481 e. The number of hydrogen-bond donors (Lipinski definition) is 1. The predicted octanol–water partition coefficient (Wildman–Crippen LogP) is 2.40. The van der Waals surface area contributed by atoms with Crippen LogP contribution < -0.4 is 0 Å². The van der Waals surface area contributed by atoms with Gasteiger partial charge in [-0.1, -0.05) is 39.5 Å². The summed E-state index contributed by atoms with van der Waals surface area (Å²) in [6.07, 6.45) is 6.94. The molecule has 0 bridgehead atoms. The van der Waals surface area contributed by atoms with Crippen molar-refractivity contribution >= 4 is 5.97 Å². The van der Waals surface area contributed by atoms with Crippen LogP contribution in [0.4, 0.5) is 0 Å². The van der Waals surface area contributed by atoms with Crippen molar-refractivity contribution in [1.82, 2.24) is 20.2 Å². The fraction of sp³-hybridized carbons (Fsp3) is 0.857. The summed E-state index contributed by atoms with van der Waals surface area (Å²) in [4.78, 5) is 10.9. The minimum absolute atomic E-state index is 0.0449. The Morgan fingerprint density at radius 3 is 2.70 bits per heavy atom. The number of rotatable bonds is 6. The molecule has 1 saturated carbocycles. The zero-order chi connectivity index (χ0) is 14.6. The first-order chi connectivity index (χ1) is 9.55. The van der Waals surface area contributed by atoms with Crippen molar-refractivity contribution in [3.8, 4) is 0 Å². The second kappa shape index (κ2) is 6.33. The van der Waals surface area contributed by atoms with Crippen molar-refractivity contribution in [2.75, 3.05) is 0 Å². The van der Waals surface area contributed by atoms with Crippen molar-refractivity contribution in [3.63, 3.8) is 0 Å². The molecule has 1 N–H and O–H groups in total. The molecule has 0 radical (unpaired) electrons. The van der Waals surface area contributed by atoms with Crippen molar-refractivity contribution in [3.05, 3.63) is 5.82 Å². The molecule has 1 heterocycles. The molecule has 6 nitrogen and oxygen atoms in total. The number of hydrogen-bond acceptors (Lipinski definition) is 4. The van der Waals surface area contributed by atoms with Crippen LogP contribution in [0.15, 0.2) is 0 Å². The molecule has 1 aliphatic carbocycles. The first kappa shape index (κ1) is 14.9. The van der Waals surface area contributed by atoms with Crippen LogP contribution in [0.3, 0.4) is 0 Å². The van der Waals surface area contributed by atoms with Crippen LogP contribution in [0.1, 0.15) is 64.6 Å². The van der Waals surface area contributed by atoms with E-state index >= 15 is 0 Å². The van der Waals surface area contributed by atoms with E-state index < -0.39 is 5.97 Å². The standard InChI is InChI=1S/C14H24N4O2/c1-3-11(9-12(19)20)10-18-13(15-16-17-18)14(2)7-5-4-6-8-14/h11H,3-10H2,1-2H3,(H,19,20). The van der Waals surface area contributed by atoms with Gasteiger partial charge in [0.1, 0.15) is 0 Å². The van der Waals surface area contributed by atoms with Crippen LogP contribution in [-0.2, 0) is 16.8 Å². The topological polar surface area (TPSA) is 80.9 Å². The Morgan fingerprint density at radius 1 is 1.40 bits per heavy atom. The molecule has 2 rings (SSSR count). The lowest BCUT2D eigenvalue weighted by atomic mass is 9.75.